The number of hydrogen-bond donors (Lipinski definition) is 4. The molecule has 0 aliphatic carbocycles. The largest absolute Gasteiger partial charge is 0.493 e. The lowest BCUT2D eigenvalue weighted by molar-refractivity contribution is 0.132. The molecule has 0 saturated carbocycles. The van der Waals surface area contributed by atoms with Gasteiger partial charge in [0.1, 0.15) is 0 Å². The van der Waals surface area contributed by atoms with E-state index < -0.39 is 5.54 Å². The van der Waals surface area contributed by atoms with Gasteiger partial charge in [0.25, 0.3) is 0 Å². The fourth-order valence-corrected chi connectivity index (χ4v) is 1.73. The molecule has 0 fully saturated rings. The van der Waals surface area contributed by atoms with Crippen LogP contribution in [0.2, 0.25) is 0 Å². The number of hydrogen-bond acceptors (Lipinski definition) is 6. The van der Waals surface area contributed by atoms with Crippen molar-refractivity contribution < 1.29 is 19.7 Å². The summed E-state index contributed by atoms with van der Waals surface area (Å²) in [6, 6.07) is 3.32. The molecule has 1 rings (SSSR count). The standard InChI is InChI=1S/C13H22N2O4/c1-4-13(7-16,8-17)15-10-6-12(19-3)11(18-2)5-9(10)14/h5-6,15-17H,4,7-8,14H2,1-3H3. The number of benzene rings is 1. The monoisotopic (exact) mass is 270 g/mol. The van der Waals surface area contributed by atoms with Gasteiger partial charge in [-0.25, -0.2) is 0 Å². The molecule has 0 spiro atoms. The summed E-state index contributed by atoms with van der Waals surface area (Å²) in [7, 11) is 3.06. The van der Waals surface area contributed by atoms with Crippen molar-refractivity contribution in [2.75, 3.05) is 38.5 Å². The lowest BCUT2D eigenvalue weighted by atomic mass is 9.97. The van der Waals surface area contributed by atoms with Gasteiger partial charge >= 0.3 is 0 Å². The summed E-state index contributed by atoms with van der Waals surface area (Å²) in [4.78, 5) is 0. The van der Waals surface area contributed by atoms with Gasteiger partial charge in [-0.05, 0) is 6.42 Å². The van der Waals surface area contributed by atoms with Crippen LogP contribution in [0.4, 0.5) is 11.4 Å². The van der Waals surface area contributed by atoms with Gasteiger partial charge in [-0.3, -0.25) is 0 Å². The molecule has 0 bridgehead atoms. The van der Waals surface area contributed by atoms with Crippen molar-refractivity contribution in [3.05, 3.63) is 12.1 Å². The van der Waals surface area contributed by atoms with E-state index in [1.807, 2.05) is 6.92 Å². The first-order valence-corrected chi connectivity index (χ1v) is 6.07. The van der Waals surface area contributed by atoms with Crippen LogP contribution < -0.4 is 20.5 Å². The minimum absolute atomic E-state index is 0.201. The minimum Gasteiger partial charge on any atom is -0.493 e. The maximum Gasteiger partial charge on any atom is 0.162 e. The Hall–Kier alpha value is -1.66. The van der Waals surface area contributed by atoms with Crippen LogP contribution in [0.3, 0.4) is 0 Å². The number of aliphatic hydroxyl groups is 2. The van der Waals surface area contributed by atoms with Crippen LogP contribution in [0.5, 0.6) is 11.5 Å². The van der Waals surface area contributed by atoms with Gasteiger partial charge in [-0.1, -0.05) is 6.92 Å². The second-order valence-corrected chi connectivity index (χ2v) is 4.37. The molecule has 0 atom stereocenters. The van der Waals surface area contributed by atoms with E-state index in [0.717, 1.165) is 0 Å². The Morgan fingerprint density at radius 3 is 2.11 bits per heavy atom. The first-order chi connectivity index (χ1) is 9.05. The molecule has 0 unspecified atom stereocenters. The van der Waals surface area contributed by atoms with Gasteiger partial charge in [0.05, 0.1) is 44.3 Å². The quantitative estimate of drug-likeness (QED) is 0.548. The number of nitrogens with one attached hydrogen (secondary N) is 1. The predicted octanol–water partition coefficient (Wildman–Crippen LogP) is 0.831. The highest BCUT2D eigenvalue weighted by Gasteiger charge is 2.27. The predicted molar refractivity (Wildman–Crippen MR) is 74.8 cm³/mol. The molecule has 6 heteroatoms. The number of anilines is 2. The molecule has 0 heterocycles. The Bertz CT molecular complexity index is 411. The SMILES string of the molecule is CCC(CO)(CO)Nc1cc(OC)c(OC)cc1N. The zero-order valence-electron chi connectivity index (χ0n) is 11.6. The summed E-state index contributed by atoms with van der Waals surface area (Å²) in [5.74, 6) is 1.06. The van der Waals surface area contributed by atoms with Gasteiger partial charge in [-0.15, -0.1) is 0 Å². The van der Waals surface area contributed by atoms with Gasteiger partial charge < -0.3 is 30.7 Å². The van der Waals surface area contributed by atoms with Crippen LogP contribution >= 0.6 is 0 Å². The third-order valence-corrected chi connectivity index (χ3v) is 3.24. The maximum absolute atomic E-state index is 9.44. The smallest absolute Gasteiger partial charge is 0.162 e. The zero-order chi connectivity index (χ0) is 14.5. The van der Waals surface area contributed by atoms with Gasteiger partial charge in [0.2, 0.25) is 0 Å². The fourth-order valence-electron chi connectivity index (χ4n) is 1.73. The van der Waals surface area contributed by atoms with Crippen molar-refractivity contribution in [1.29, 1.82) is 0 Å². The highest BCUT2D eigenvalue weighted by Crippen LogP contribution is 2.36. The summed E-state index contributed by atoms with van der Waals surface area (Å²) in [5.41, 5.74) is 6.16. The molecule has 108 valence electrons. The number of ether oxygens (including phenoxy) is 2. The Labute approximate surface area is 113 Å². The number of methoxy groups -OCH3 is 2. The van der Waals surface area contributed by atoms with Gasteiger partial charge in [0, 0.05) is 12.1 Å². The Morgan fingerprint density at radius 2 is 1.68 bits per heavy atom. The molecule has 1 aromatic rings. The second kappa shape index (κ2) is 6.49. The maximum atomic E-state index is 9.44. The van der Waals surface area contributed by atoms with Crippen molar-refractivity contribution >= 4 is 11.4 Å². The molecule has 6 nitrogen and oxygen atoms in total. The average Bonchev–Trinajstić information content (AvgIpc) is 2.46. The van der Waals surface area contributed by atoms with Crippen LogP contribution in [0.25, 0.3) is 0 Å². The number of nitrogen functional groups attached to an aromatic ring is 1. The van der Waals surface area contributed by atoms with E-state index in [0.29, 0.717) is 29.3 Å². The van der Waals surface area contributed by atoms with Crippen LogP contribution in [0.15, 0.2) is 12.1 Å². The first kappa shape index (κ1) is 15.4. The number of aliphatic hydroxyl groups excluding tert-OH is 2. The van der Waals surface area contributed by atoms with Crippen molar-refractivity contribution in [2.24, 2.45) is 0 Å². The van der Waals surface area contributed by atoms with Crippen LogP contribution in [0, 0.1) is 0 Å². The summed E-state index contributed by atoms with van der Waals surface area (Å²) < 4.78 is 10.4. The van der Waals surface area contributed by atoms with E-state index in [1.165, 1.54) is 14.2 Å². The third-order valence-electron chi connectivity index (χ3n) is 3.24. The molecule has 0 radical (unpaired) electrons. The van der Waals surface area contributed by atoms with Gasteiger partial charge in [0.15, 0.2) is 11.5 Å². The third kappa shape index (κ3) is 3.21. The van der Waals surface area contributed by atoms with E-state index in [1.54, 1.807) is 12.1 Å². The summed E-state index contributed by atoms with van der Waals surface area (Å²) in [6.07, 6.45) is 0.549. The molecule has 19 heavy (non-hydrogen) atoms. The molecule has 0 aromatic heterocycles. The lowest BCUT2D eigenvalue weighted by Gasteiger charge is -2.31. The van der Waals surface area contributed by atoms with Crippen molar-refractivity contribution in [3.8, 4) is 11.5 Å². The molecular weight excluding hydrogens is 248 g/mol. The molecule has 0 amide bonds. The zero-order valence-corrected chi connectivity index (χ0v) is 11.6. The molecule has 0 saturated heterocycles. The van der Waals surface area contributed by atoms with Crippen molar-refractivity contribution in [2.45, 2.75) is 18.9 Å². The normalized spacial score (nSPS) is 11.2. The fraction of sp³-hybridized carbons (Fsp3) is 0.538. The lowest BCUT2D eigenvalue weighted by Crippen LogP contribution is -2.45. The van der Waals surface area contributed by atoms with E-state index in [2.05, 4.69) is 5.32 Å². The van der Waals surface area contributed by atoms with E-state index in [4.69, 9.17) is 15.2 Å². The average molecular weight is 270 g/mol. The van der Waals surface area contributed by atoms with Crippen LogP contribution in [-0.4, -0.2) is 43.2 Å². The second-order valence-electron chi connectivity index (χ2n) is 4.37. The Kier molecular flexibility index (Phi) is 5.26. The van der Waals surface area contributed by atoms with Gasteiger partial charge in [-0.2, -0.15) is 0 Å². The van der Waals surface area contributed by atoms with Crippen LogP contribution in [0.1, 0.15) is 13.3 Å². The number of rotatable bonds is 7. The van der Waals surface area contributed by atoms with Crippen molar-refractivity contribution in [3.63, 3.8) is 0 Å². The van der Waals surface area contributed by atoms with E-state index in [9.17, 15) is 10.2 Å². The van der Waals surface area contributed by atoms with E-state index >= 15 is 0 Å². The van der Waals surface area contributed by atoms with E-state index in [-0.39, 0.29) is 13.2 Å². The first-order valence-electron chi connectivity index (χ1n) is 6.07. The summed E-state index contributed by atoms with van der Waals surface area (Å²) in [6.45, 7) is 1.47. The highest BCUT2D eigenvalue weighted by molar-refractivity contribution is 5.72. The topological polar surface area (TPSA) is 97.0 Å². The molecular formula is C13H22N2O4. The number of nitrogens with two attached hydrogens (primary N) is 1. The molecule has 5 N–H and O–H groups in total. The summed E-state index contributed by atoms with van der Waals surface area (Å²) in [5, 5.41) is 21.9. The Balaban J connectivity index is 3.13. The summed E-state index contributed by atoms with van der Waals surface area (Å²) >= 11 is 0. The van der Waals surface area contributed by atoms with Crippen molar-refractivity contribution in [1.82, 2.24) is 0 Å². The van der Waals surface area contributed by atoms with Crippen LogP contribution in [-0.2, 0) is 0 Å². The molecule has 1 aromatic carbocycles. The molecule has 0 aliphatic heterocycles. The Morgan fingerprint density at radius 1 is 1.16 bits per heavy atom. The highest BCUT2D eigenvalue weighted by atomic mass is 16.5. The minimum atomic E-state index is -0.812. The molecule has 0 aliphatic rings.